The third-order valence-electron chi connectivity index (χ3n) is 4.27. The minimum absolute atomic E-state index is 0.153. The van der Waals surface area contributed by atoms with E-state index in [1.54, 1.807) is 0 Å². The lowest BCUT2D eigenvalue weighted by atomic mass is 10.0. The van der Waals surface area contributed by atoms with E-state index in [0.717, 1.165) is 24.2 Å². The maximum absolute atomic E-state index is 8.70. The lowest BCUT2D eigenvalue weighted by Crippen LogP contribution is -2.38. The van der Waals surface area contributed by atoms with Crippen LogP contribution in [0.25, 0.3) is 0 Å². The summed E-state index contributed by atoms with van der Waals surface area (Å²) in [6.07, 6.45) is 2.66. The number of likely N-dealkylation sites (tertiary alicyclic amines) is 1. The molecule has 0 bridgehead atoms. The first kappa shape index (κ1) is 15.8. The minimum atomic E-state index is 0.153. The molecule has 4 N–H and O–H groups in total. The third-order valence-corrected chi connectivity index (χ3v) is 4.27. The molecular weight excluding hydrogens is 264 g/mol. The van der Waals surface area contributed by atoms with Gasteiger partial charge in [0, 0.05) is 24.7 Å². The predicted octanol–water partition coefficient (Wildman–Crippen LogP) is 1.66. The fourth-order valence-corrected chi connectivity index (χ4v) is 2.84. The second-order valence-electron chi connectivity index (χ2n) is 5.85. The first-order chi connectivity index (χ1) is 10.1. The Morgan fingerprint density at radius 1 is 1.43 bits per heavy atom. The average Bonchev–Trinajstić information content (AvgIpc) is 3.02. The molecule has 1 unspecified atom stereocenters. The van der Waals surface area contributed by atoms with Gasteiger partial charge in [-0.25, -0.2) is 0 Å². The summed E-state index contributed by atoms with van der Waals surface area (Å²) >= 11 is 0. The standard InChI is InChI=1S/C16H26N4O/c1-12-9-14(16(17)19-21)5-6-15(12)11-18-10-13(2)20-7-3-4-8-20/h5-6,9,13,18,21H,3-4,7-8,10-11H2,1-2H3,(H2,17,19). The predicted molar refractivity (Wildman–Crippen MR) is 85.7 cm³/mol. The number of oxime groups is 1. The summed E-state index contributed by atoms with van der Waals surface area (Å²) in [6, 6.07) is 6.47. The lowest BCUT2D eigenvalue weighted by molar-refractivity contribution is 0.251. The van der Waals surface area contributed by atoms with E-state index in [1.165, 1.54) is 31.5 Å². The van der Waals surface area contributed by atoms with Crippen molar-refractivity contribution in [1.29, 1.82) is 0 Å². The van der Waals surface area contributed by atoms with Gasteiger partial charge in [0.05, 0.1) is 0 Å². The molecule has 1 heterocycles. The van der Waals surface area contributed by atoms with Crippen LogP contribution in [0.1, 0.15) is 36.5 Å². The molecule has 5 heteroatoms. The van der Waals surface area contributed by atoms with Gasteiger partial charge in [-0.2, -0.15) is 0 Å². The molecule has 116 valence electrons. The molecule has 1 saturated heterocycles. The molecule has 1 aromatic rings. The molecule has 0 aromatic heterocycles. The zero-order chi connectivity index (χ0) is 15.2. The van der Waals surface area contributed by atoms with Crippen molar-refractivity contribution in [3.63, 3.8) is 0 Å². The van der Waals surface area contributed by atoms with Crippen LogP contribution in [-0.2, 0) is 6.54 Å². The van der Waals surface area contributed by atoms with Crippen LogP contribution in [0.2, 0.25) is 0 Å². The van der Waals surface area contributed by atoms with Crippen LogP contribution in [0.5, 0.6) is 0 Å². The number of benzene rings is 1. The Balaban J connectivity index is 1.85. The molecule has 2 rings (SSSR count). The van der Waals surface area contributed by atoms with Crippen LogP contribution in [0.15, 0.2) is 23.4 Å². The number of aryl methyl sites for hydroxylation is 1. The second kappa shape index (κ2) is 7.43. The molecule has 1 aliphatic heterocycles. The highest BCUT2D eigenvalue weighted by molar-refractivity contribution is 5.97. The van der Waals surface area contributed by atoms with Gasteiger partial charge in [-0.15, -0.1) is 0 Å². The van der Waals surface area contributed by atoms with Crippen molar-refractivity contribution in [2.75, 3.05) is 19.6 Å². The van der Waals surface area contributed by atoms with E-state index in [0.29, 0.717) is 6.04 Å². The molecule has 0 spiro atoms. The van der Waals surface area contributed by atoms with Crippen molar-refractivity contribution < 1.29 is 5.21 Å². The molecule has 0 radical (unpaired) electrons. The molecule has 0 amide bonds. The number of amidine groups is 1. The maximum atomic E-state index is 8.70. The van der Waals surface area contributed by atoms with Crippen LogP contribution in [0.3, 0.4) is 0 Å². The summed E-state index contributed by atoms with van der Waals surface area (Å²) in [4.78, 5) is 2.54. The number of rotatable bonds is 6. The average molecular weight is 290 g/mol. The fraction of sp³-hybridized carbons (Fsp3) is 0.562. The monoisotopic (exact) mass is 290 g/mol. The molecule has 1 aromatic carbocycles. The second-order valence-corrected chi connectivity index (χ2v) is 5.85. The Morgan fingerprint density at radius 3 is 2.76 bits per heavy atom. The fourth-order valence-electron chi connectivity index (χ4n) is 2.84. The van der Waals surface area contributed by atoms with E-state index < -0.39 is 0 Å². The smallest absolute Gasteiger partial charge is 0.170 e. The number of nitrogens with one attached hydrogen (secondary N) is 1. The normalized spacial score (nSPS) is 18.1. The summed E-state index contributed by atoms with van der Waals surface area (Å²) < 4.78 is 0. The summed E-state index contributed by atoms with van der Waals surface area (Å²) in [7, 11) is 0. The number of nitrogens with zero attached hydrogens (tertiary/aromatic N) is 2. The highest BCUT2D eigenvalue weighted by atomic mass is 16.4. The molecule has 5 nitrogen and oxygen atoms in total. The van der Waals surface area contributed by atoms with Crippen LogP contribution in [-0.4, -0.2) is 41.6 Å². The molecule has 21 heavy (non-hydrogen) atoms. The lowest BCUT2D eigenvalue weighted by Gasteiger charge is -2.24. The summed E-state index contributed by atoms with van der Waals surface area (Å²) in [5, 5.41) is 15.3. The first-order valence-electron chi connectivity index (χ1n) is 7.64. The molecular formula is C16H26N4O. The zero-order valence-electron chi connectivity index (χ0n) is 13.0. The van der Waals surface area contributed by atoms with E-state index in [1.807, 2.05) is 18.2 Å². The zero-order valence-corrected chi connectivity index (χ0v) is 13.0. The van der Waals surface area contributed by atoms with E-state index in [9.17, 15) is 0 Å². The van der Waals surface area contributed by atoms with Gasteiger partial charge >= 0.3 is 0 Å². The van der Waals surface area contributed by atoms with Gasteiger partial charge in [-0.1, -0.05) is 17.3 Å². The Morgan fingerprint density at radius 2 is 2.14 bits per heavy atom. The molecule has 1 atom stereocenters. The third kappa shape index (κ3) is 4.19. The van der Waals surface area contributed by atoms with Crippen molar-refractivity contribution >= 4 is 5.84 Å². The molecule has 1 fully saturated rings. The van der Waals surface area contributed by atoms with Gasteiger partial charge < -0.3 is 16.3 Å². The van der Waals surface area contributed by atoms with Crippen LogP contribution < -0.4 is 11.1 Å². The van der Waals surface area contributed by atoms with Crippen LogP contribution >= 0.6 is 0 Å². The van der Waals surface area contributed by atoms with E-state index >= 15 is 0 Å². The SMILES string of the molecule is Cc1cc(/C(N)=N/O)ccc1CNCC(C)N1CCCC1. The summed E-state index contributed by atoms with van der Waals surface area (Å²) in [5.74, 6) is 0.153. The van der Waals surface area contributed by atoms with Crippen LogP contribution in [0, 0.1) is 6.92 Å². The van der Waals surface area contributed by atoms with Crippen molar-refractivity contribution in [1.82, 2.24) is 10.2 Å². The Hall–Kier alpha value is -1.59. The van der Waals surface area contributed by atoms with Gasteiger partial charge in [0.2, 0.25) is 0 Å². The van der Waals surface area contributed by atoms with Crippen molar-refractivity contribution in [2.45, 2.75) is 39.3 Å². The van der Waals surface area contributed by atoms with Crippen molar-refractivity contribution in [3.05, 3.63) is 34.9 Å². The Labute approximate surface area is 126 Å². The highest BCUT2D eigenvalue weighted by Crippen LogP contribution is 2.13. The Bertz CT molecular complexity index is 495. The number of hydrogen-bond donors (Lipinski definition) is 3. The number of nitrogens with two attached hydrogens (primary N) is 1. The molecule has 0 aliphatic carbocycles. The highest BCUT2D eigenvalue weighted by Gasteiger charge is 2.17. The minimum Gasteiger partial charge on any atom is -0.409 e. The summed E-state index contributed by atoms with van der Waals surface area (Å²) in [6.45, 7) is 8.65. The first-order valence-corrected chi connectivity index (χ1v) is 7.64. The van der Waals surface area contributed by atoms with E-state index in [-0.39, 0.29) is 5.84 Å². The van der Waals surface area contributed by atoms with Crippen molar-refractivity contribution in [2.24, 2.45) is 10.9 Å². The van der Waals surface area contributed by atoms with Crippen molar-refractivity contribution in [3.8, 4) is 0 Å². The quantitative estimate of drug-likeness (QED) is 0.322. The van der Waals surface area contributed by atoms with Gasteiger partial charge in [-0.3, -0.25) is 4.90 Å². The Kier molecular flexibility index (Phi) is 5.59. The largest absolute Gasteiger partial charge is 0.409 e. The van der Waals surface area contributed by atoms with E-state index in [2.05, 4.69) is 29.2 Å². The van der Waals surface area contributed by atoms with E-state index in [4.69, 9.17) is 10.9 Å². The summed E-state index contributed by atoms with van der Waals surface area (Å²) in [5.41, 5.74) is 8.76. The van der Waals surface area contributed by atoms with Gasteiger partial charge in [0.1, 0.15) is 0 Å². The van der Waals surface area contributed by atoms with Gasteiger partial charge in [0.25, 0.3) is 0 Å². The van der Waals surface area contributed by atoms with Gasteiger partial charge in [0.15, 0.2) is 5.84 Å². The van der Waals surface area contributed by atoms with Gasteiger partial charge in [-0.05, 0) is 57.0 Å². The maximum Gasteiger partial charge on any atom is 0.170 e. The number of hydrogen-bond acceptors (Lipinski definition) is 4. The molecule has 1 aliphatic rings. The van der Waals surface area contributed by atoms with Crippen LogP contribution in [0.4, 0.5) is 0 Å². The molecule has 0 saturated carbocycles. The topological polar surface area (TPSA) is 73.9 Å².